The SMILES string of the molecule is CNC[C@@H](C)[C@@H]1CCCCN1. The highest BCUT2D eigenvalue weighted by Crippen LogP contribution is 2.13. The first kappa shape index (κ1) is 9.01. The third-order valence-corrected chi connectivity index (χ3v) is 2.56. The largest absolute Gasteiger partial charge is 0.319 e. The molecule has 1 heterocycles. The highest BCUT2D eigenvalue weighted by molar-refractivity contribution is 4.77. The smallest absolute Gasteiger partial charge is 0.0105 e. The second-order valence-electron chi connectivity index (χ2n) is 3.59. The van der Waals surface area contributed by atoms with Crippen molar-refractivity contribution < 1.29 is 0 Å². The highest BCUT2D eigenvalue weighted by atomic mass is 14.9. The number of rotatable bonds is 3. The van der Waals surface area contributed by atoms with Crippen molar-refractivity contribution in [3.05, 3.63) is 0 Å². The molecule has 0 spiro atoms. The number of piperidine rings is 1. The molecule has 0 aromatic heterocycles. The fourth-order valence-electron chi connectivity index (χ4n) is 1.83. The van der Waals surface area contributed by atoms with E-state index in [-0.39, 0.29) is 0 Å². The third kappa shape index (κ3) is 2.80. The van der Waals surface area contributed by atoms with Crippen LogP contribution in [0.1, 0.15) is 26.2 Å². The molecule has 66 valence electrons. The lowest BCUT2D eigenvalue weighted by Crippen LogP contribution is -2.42. The zero-order valence-electron chi connectivity index (χ0n) is 7.69. The molecule has 2 nitrogen and oxygen atoms in total. The van der Waals surface area contributed by atoms with Crippen molar-refractivity contribution in [1.29, 1.82) is 0 Å². The van der Waals surface area contributed by atoms with E-state index in [1.807, 2.05) is 7.05 Å². The van der Waals surface area contributed by atoms with Gasteiger partial charge in [0.25, 0.3) is 0 Å². The van der Waals surface area contributed by atoms with E-state index >= 15 is 0 Å². The van der Waals surface area contributed by atoms with Crippen molar-refractivity contribution in [2.75, 3.05) is 20.1 Å². The van der Waals surface area contributed by atoms with Gasteiger partial charge in [-0.15, -0.1) is 0 Å². The predicted octanol–water partition coefficient (Wildman–Crippen LogP) is 0.984. The van der Waals surface area contributed by atoms with Crippen LogP contribution in [0.25, 0.3) is 0 Å². The van der Waals surface area contributed by atoms with E-state index in [0.717, 1.165) is 18.5 Å². The van der Waals surface area contributed by atoms with Crippen LogP contribution in [0.2, 0.25) is 0 Å². The third-order valence-electron chi connectivity index (χ3n) is 2.56. The molecule has 1 aliphatic rings. The summed E-state index contributed by atoms with van der Waals surface area (Å²) in [5, 5.41) is 6.79. The van der Waals surface area contributed by atoms with Crippen molar-refractivity contribution >= 4 is 0 Å². The molecule has 0 radical (unpaired) electrons. The van der Waals surface area contributed by atoms with Crippen LogP contribution < -0.4 is 10.6 Å². The van der Waals surface area contributed by atoms with E-state index in [0.29, 0.717) is 0 Å². The van der Waals surface area contributed by atoms with Gasteiger partial charge in [-0.2, -0.15) is 0 Å². The fraction of sp³-hybridized carbons (Fsp3) is 1.00. The zero-order valence-corrected chi connectivity index (χ0v) is 7.69. The first-order valence-corrected chi connectivity index (χ1v) is 4.72. The molecule has 0 bridgehead atoms. The van der Waals surface area contributed by atoms with Crippen LogP contribution in [0.15, 0.2) is 0 Å². The summed E-state index contributed by atoms with van der Waals surface area (Å²) in [5.74, 6) is 0.778. The Bertz CT molecular complexity index is 97.7. The van der Waals surface area contributed by atoms with Gasteiger partial charge >= 0.3 is 0 Å². The molecule has 2 heteroatoms. The molecule has 11 heavy (non-hydrogen) atoms. The predicted molar refractivity (Wildman–Crippen MR) is 48.7 cm³/mol. The van der Waals surface area contributed by atoms with Gasteiger partial charge in [-0.05, 0) is 38.9 Å². The monoisotopic (exact) mass is 156 g/mol. The Morgan fingerprint density at radius 1 is 1.55 bits per heavy atom. The van der Waals surface area contributed by atoms with Crippen LogP contribution >= 0.6 is 0 Å². The molecular formula is C9H20N2. The minimum atomic E-state index is 0.760. The van der Waals surface area contributed by atoms with E-state index in [2.05, 4.69) is 17.6 Å². The van der Waals surface area contributed by atoms with Crippen molar-refractivity contribution in [2.45, 2.75) is 32.2 Å². The Kier molecular flexibility index (Phi) is 3.87. The van der Waals surface area contributed by atoms with Gasteiger partial charge in [0.1, 0.15) is 0 Å². The molecule has 0 unspecified atom stereocenters. The van der Waals surface area contributed by atoms with E-state index in [9.17, 15) is 0 Å². The van der Waals surface area contributed by atoms with E-state index < -0.39 is 0 Å². The summed E-state index contributed by atoms with van der Waals surface area (Å²) in [6.45, 7) is 4.68. The van der Waals surface area contributed by atoms with Crippen LogP contribution in [0.5, 0.6) is 0 Å². The average molecular weight is 156 g/mol. The summed E-state index contributed by atoms with van der Waals surface area (Å²) < 4.78 is 0. The van der Waals surface area contributed by atoms with Crippen molar-refractivity contribution in [3.8, 4) is 0 Å². The van der Waals surface area contributed by atoms with E-state index in [1.165, 1.54) is 25.8 Å². The Morgan fingerprint density at radius 2 is 2.36 bits per heavy atom. The zero-order chi connectivity index (χ0) is 8.10. The molecule has 0 amide bonds. The Morgan fingerprint density at radius 3 is 2.91 bits per heavy atom. The van der Waals surface area contributed by atoms with Gasteiger partial charge in [-0.1, -0.05) is 13.3 Å². The molecule has 0 saturated carbocycles. The van der Waals surface area contributed by atoms with Crippen LogP contribution in [0.3, 0.4) is 0 Å². The summed E-state index contributed by atoms with van der Waals surface area (Å²) in [6, 6.07) is 0.760. The quantitative estimate of drug-likeness (QED) is 0.636. The second-order valence-corrected chi connectivity index (χ2v) is 3.59. The van der Waals surface area contributed by atoms with Gasteiger partial charge in [0.05, 0.1) is 0 Å². The summed E-state index contributed by atoms with van der Waals surface area (Å²) in [7, 11) is 2.03. The van der Waals surface area contributed by atoms with Crippen LogP contribution in [0.4, 0.5) is 0 Å². The maximum Gasteiger partial charge on any atom is 0.0105 e. The van der Waals surface area contributed by atoms with Gasteiger partial charge in [-0.25, -0.2) is 0 Å². The van der Waals surface area contributed by atoms with Crippen molar-refractivity contribution in [1.82, 2.24) is 10.6 Å². The molecule has 1 aliphatic heterocycles. The Labute approximate surface area is 69.8 Å². The molecule has 1 fully saturated rings. The van der Waals surface area contributed by atoms with Crippen LogP contribution in [0, 0.1) is 5.92 Å². The van der Waals surface area contributed by atoms with Gasteiger partial charge in [0.2, 0.25) is 0 Å². The minimum Gasteiger partial charge on any atom is -0.319 e. The number of nitrogens with one attached hydrogen (secondary N) is 2. The maximum atomic E-state index is 3.56. The maximum absolute atomic E-state index is 3.56. The van der Waals surface area contributed by atoms with Gasteiger partial charge in [-0.3, -0.25) is 0 Å². The molecule has 2 N–H and O–H groups in total. The lowest BCUT2D eigenvalue weighted by Gasteiger charge is -2.28. The van der Waals surface area contributed by atoms with Gasteiger partial charge in [0.15, 0.2) is 0 Å². The topological polar surface area (TPSA) is 24.1 Å². The van der Waals surface area contributed by atoms with Crippen LogP contribution in [-0.4, -0.2) is 26.2 Å². The first-order valence-electron chi connectivity index (χ1n) is 4.72. The van der Waals surface area contributed by atoms with Crippen LogP contribution in [-0.2, 0) is 0 Å². The van der Waals surface area contributed by atoms with Gasteiger partial charge < -0.3 is 10.6 Å². The molecular weight excluding hydrogens is 136 g/mol. The second kappa shape index (κ2) is 4.73. The fourth-order valence-corrected chi connectivity index (χ4v) is 1.83. The lowest BCUT2D eigenvalue weighted by atomic mass is 9.94. The normalized spacial score (nSPS) is 28.4. The van der Waals surface area contributed by atoms with E-state index in [1.54, 1.807) is 0 Å². The lowest BCUT2D eigenvalue weighted by molar-refractivity contribution is 0.306. The van der Waals surface area contributed by atoms with E-state index in [4.69, 9.17) is 0 Å². The summed E-state index contributed by atoms with van der Waals surface area (Å²) >= 11 is 0. The first-order chi connectivity index (χ1) is 5.34. The number of hydrogen-bond donors (Lipinski definition) is 2. The number of hydrogen-bond acceptors (Lipinski definition) is 2. The Balaban J connectivity index is 2.21. The molecule has 1 rings (SSSR count). The highest BCUT2D eigenvalue weighted by Gasteiger charge is 2.17. The molecule has 0 aromatic carbocycles. The standard InChI is InChI=1S/C9H20N2/c1-8(7-10-2)9-5-3-4-6-11-9/h8-11H,3-7H2,1-2H3/t8-,9+/m1/s1. The minimum absolute atomic E-state index is 0.760. The molecule has 2 atom stereocenters. The summed E-state index contributed by atoms with van der Waals surface area (Å²) in [6.07, 6.45) is 4.14. The Hall–Kier alpha value is -0.0800. The van der Waals surface area contributed by atoms with Gasteiger partial charge in [0, 0.05) is 6.04 Å². The van der Waals surface area contributed by atoms with Crippen molar-refractivity contribution in [3.63, 3.8) is 0 Å². The molecule has 1 saturated heterocycles. The molecule has 0 aromatic rings. The van der Waals surface area contributed by atoms with Crippen molar-refractivity contribution in [2.24, 2.45) is 5.92 Å². The summed E-state index contributed by atoms with van der Waals surface area (Å²) in [5.41, 5.74) is 0. The average Bonchev–Trinajstić information content (AvgIpc) is 2.07. The molecule has 0 aliphatic carbocycles. The summed E-state index contributed by atoms with van der Waals surface area (Å²) in [4.78, 5) is 0.